The maximum atomic E-state index is 9.75. The molecule has 0 bridgehead atoms. The summed E-state index contributed by atoms with van der Waals surface area (Å²) in [6.45, 7) is 0. The number of benzene rings is 2. The van der Waals surface area contributed by atoms with Crippen molar-refractivity contribution in [3.05, 3.63) is 54.7 Å². The lowest BCUT2D eigenvalue weighted by atomic mass is 10.0. The molecule has 3 aromatic rings. The van der Waals surface area contributed by atoms with Crippen molar-refractivity contribution in [2.45, 2.75) is 0 Å². The summed E-state index contributed by atoms with van der Waals surface area (Å²) in [4.78, 5) is 3.15. The molecule has 0 unspecified atom stereocenters. The number of nitrogens with one attached hydrogen (secondary N) is 1. The van der Waals surface area contributed by atoms with Gasteiger partial charge < -0.3 is 10.1 Å². The van der Waals surface area contributed by atoms with Gasteiger partial charge in [0.1, 0.15) is 5.75 Å². The third-order valence-corrected chi connectivity index (χ3v) is 2.68. The first-order chi connectivity index (χ1) is 7.84. The Balaban J connectivity index is 2.22. The molecule has 0 aliphatic carbocycles. The lowest BCUT2D eigenvalue weighted by molar-refractivity contribution is 0.477. The number of fused-ring (bicyclic) bond motifs is 1. The molecule has 0 atom stereocenters. The SMILES string of the molecule is Oc1ccc[c]c1-c1ccc2cc[nH]c2c1. The lowest BCUT2D eigenvalue weighted by Crippen LogP contribution is -1.79. The fourth-order valence-electron chi connectivity index (χ4n) is 1.86. The first-order valence-electron chi connectivity index (χ1n) is 5.12. The van der Waals surface area contributed by atoms with Gasteiger partial charge in [-0.25, -0.2) is 0 Å². The van der Waals surface area contributed by atoms with Crippen LogP contribution in [0.5, 0.6) is 5.75 Å². The molecule has 0 saturated carbocycles. The average Bonchev–Trinajstić information content (AvgIpc) is 2.76. The molecule has 0 aliphatic rings. The zero-order valence-electron chi connectivity index (χ0n) is 8.57. The molecule has 0 fully saturated rings. The van der Waals surface area contributed by atoms with Crippen molar-refractivity contribution in [1.82, 2.24) is 4.98 Å². The van der Waals surface area contributed by atoms with Crippen LogP contribution in [0.15, 0.2) is 48.7 Å². The number of hydrogen-bond donors (Lipinski definition) is 2. The molecule has 0 saturated heterocycles. The summed E-state index contributed by atoms with van der Waals surface area (Å²) in [7, 11) is 0. The highest BCUT2D eigenvalue weighted by molar-refractivity contribution is 5.85. The van der Waals surface area contributed by atoms with Gasteiger partial charge in [-0.05, 0) is 35.2 Å². The molecule has 1 aromatic heterocycles. The van der Waals surface area contributed by atoms with E-state index in [9.17, 15) is 5.11 Å². The van der Waals surface area contributed by atoms with Gasteiger partial charge in [0, 0.05) is 17.3 Å². The summed E-state index contributed by atoms with van der Waals surface area (Å²) in [5.41, 5.74) is 2.77. The molecule has 2 heteroatoms. The van der Waals surface area contributed by atoms with Gasteiger partial charge in [0.05, 0.1) is 0 Å². The van der Waals surface area contributed by atoms with Gasteiger partial charge in [0.2, 0.25) is 0 Å². The van der Waals surface area contributed by atoms with Crippen LogP contribution in [0.1, 0.15) is 0 Å². The standard InChI is InChI=1S/C14H10NO/c16-14-4-2-1-3-12(14)11-6-5-10-7-8-15-13(10)9-11/h1-2,4-9,15-16H. The molecule has 16 heavy (non-hydrogen) atoms. The quantitative estimate of drug-likeness (QED) is 0.632. The Kier molecular flexibility index (Phi) is 1.93. The molecule has 77 valence electrons. The third-order valence-electron chi connectivity index (χ3n) is 2.68. The minimum atomic E-state index is 0.258. The number of aromatic hydroxyl groups is 1. The summed E-state index contributed by atoms with van der Waals surface area (Å²) >= 11 is 0. The van der Waals surface area contributed by atoms with Crippen LogP contribution in [0.2, 0.25) is 0 Å². The number of hydrogen-bond acceptors (Lipinski definition) is 1. The minimum absolute atomic E-state index is 0.258. The number of phenolic OH excluding ortho intramolecular Hbond substituents is 1. The van der Waals surface area contributed by atoms with Crippen molar-refractivity contribution in [2.24, 2.45) is 0 Å². The molecule has 2 aromatic carbocycles. The van der Waals surface area contributed by atoms with Gasteiger partial charge in [-0.1, -0.05) is 24.3 Å². The highest BCUT2D eigenvalue weighted by atomic mass is 16.3. The monoisotopic (exact) mass is 208 g/mol. The van der Waals surface area contributed by atoms with E-state index in [1.54, 1.807) is 18.2 Å². The van der Waals surface area contributed by atoms with E-state index in [-0.39, 0.29) is 5.75 Å². The van der Waals surface area contributed by atoms with Gasteiger partial charge in [-0.2, -0.15) is 0 Å². The molecule has 1 heterocycles. The summed E-state index contributed by atoms with van der Waals surface area (Å²) < 4.78 is 0. The van der Waals surface area contributed by atoms with Crippen LogP contribution in [0.3, 0.4) is 0 Å². The van der Waals surface area contributed by atoms with E-state index in [4.69, 9.17) is 0 Å². The summed E-state index contributed by atoms with van der Waals surface area (Å²) in [6.07, 6.45) is 1.91. The minimum Gasteiger partial charge on any atom is -0.507 e. The van der Waals surface area contributed by atoms with Gasteiger partial charge in [-0.3, -0.25) is 0 Å². The first kappa shape index (κ1) is 9.04. The number of phenols is 1. The van der Waals surface area contributed by atoms with Crippen LogP contribution in [-0.4, -0.2) is 10.1 Å². The van der Waals surface area contributed by atoms with E-state index in [1.807, 2.05) is 30.5 Å². The zero-order chi connectivity index (χ0) is 11.0. The molecule has 2 N–H and O–H groups in total. The largest absolute Gasteiger partial charge is 0.507 e. The smallest absolute Gasteiger partial charge is 0.124 e. The Bertz CT molecular complexity index is 640. The fraction of sp³-hybridized carbons (Fsp3) is 0. The first-order valence-corrected chi connectivity index (χ1v) is 5.12. The Morgan fingerprint density at radius 1 is 1.12 bits per heavy atom. The van der Waals surface area contributed by atoms with E-state index >= 15 is 0 Å². The average molecular weight is 208 g/mol. The Hall–Kier alpha value is -2.22. The maximum Gasteiger partial charge on any atom is 0.124 e. The molecule has 2 nitrogen and oxygen atoms in total. The number of rotatable bonds is 1. The molecule has 0 amide bonds. The summed E-state index contributed by atoms with van der Waals surface area (Å²) in [5.74, 6) is 0.258. The molecule has 1 radical (unpaired) electrons. The normalized spacial score (nSPS) is 10.8. The van der Waals surface area contributed by atoms with Crippen molar-refractivity contribution in [3.8, 4) is 16.9 Å². The van der Waals surface area contributed by atoms with Crippen LogP contribution < -0.4 is 0 Å². The van der Waals surface area contributed by atoms with E-state index in [0.717, 1.165) is 16.6 Å². The van der Waals surface area contributed by atoms with Crippen LogP contribution in [0, 0.1) is 6.07 Å². The van der Waals surface area contributed by atoms with E-state index < -0.39 is 0 Å². The molecular weight excluding hydrogens is 198 g/mol. The van der Waals surface area contributed by atoms with Gasteiger partial charge in [-0.15, -0.1) is 0 Å². The van der Waals surface area contributed by atoms with Crippen LogP contribution in [-0.2, 0) is 0 Å². The molecule has 0 spiro atoms. The predicted octanol–water partition coefficient (Wildman–Crippen LogP) is 3.34. The Morgan fingerprint density at radius 3 is 2.94 bits per heavy atom. The number of aromatic nitrogens is 1. The Morgan fingerprint density at radius 2 is 2.06 bits per heavy atom. The van der Waals surface area contributed by atoms with Crippen molar-refractivity contribution in [1.29, 1.82) is 0 Å². The Labute approximate surface area is 93.2 Å². The zero-order valence-corrected chi connectivity index (χ0v) is 8.57. The summed E-state index contributed by atoms with van der Waals surface area (Å²) in [6, 6.07) is 16.3. The van der Waals surface area contributed by atoms with Gasteiger partial charge >= 0.3 is 0 Å². The summed E-state index contributed by atoms with van der Waals surface area (Å²) in [5, 5.41) is 10.9. The fourth-order valence-corrected chi connectivity index (χ4v) is 1.86. The topological polar surface area (TPSA) is 36.0 Å². The van der Waals surface area contributed by atoms with Crippen LogP contribution >= 0.6 is 0 Å². The van der Waals surface area contributed by atoms with Crippen LogP contribution in [0.4, 0.5) is 0 Å². The second-order valence-corrected chi connectivity index (χ2v) is 3.71. The van der Waals surface area contributed by atoms with Gasteiger partial charge in [0.15, 0.2) is 0 Å². The van der Waals surface area contributed by atoms with Crippen LogP contribution in [0.25, 0.3) is 22.0 Å². The maximum absolute atomic E-state index is 9.75. The third kappa shape index (κ3) is 1.36. The molecular formula is C14H10NO. The van der Waals surface area contributed by atoms with E-state index in [0.29, 0.717) is 0 Å². The highest BCUT2D eigenvalue weighted by Crippen LogP contribution is 2.29. The van der Waals surface area contributed by atoms with Crippen molar-refractivity contribution < 1.29 is 5.11 Å². The second-order valence-electron chi connectivity index (χ2n) is 3.71. The van der Waals surface area contributed by atoms with E-state index in [1.165, 1.54) is 5.39 Å². The number of aromatic amines is 1. The lowest BCUT2D eigenvalue weighted by Gasteiger charge is -2.03. The second kappa shape index (κ2) is 3.42. The van der Waals surface area contributed by atoms with Gasteiger partial charge in [0.25, 0.3) is 0 Å². The number of H-pyrrole nitrogens is 1. The molecule has 3 rings (SSSR count). The predicted molar refractivity (Wildman–Crippen MR) is 64.2 cm³/mol. The van der Waals surface area contributed by atoms with Crippen molar-refractivity contribution >= 4 is 10.9 Å². The highest BCUT2D eigenvalue weighted by Gasteiger charge is 2.04. The van der Waals surface area contributed by atoms with Crippen molar-refractivity contribution in [2.75, 3.05) is 0 Å². The molecule has 0 aliphatic heterocycles. The van der Waals surface area contributed by atoms with Crippen molar-refractivity contribution in [3.63, 3.8) is 0 Å². The van der Waals surface area contributed by atoms with E-state index in [2.05, 4.69) is 11.1 Å².